The van der Waals surface area contributed by atoms with Gasteiger partial charge in [-0.3, -0.25) is 0 Å². The van der Waals surface area contributed by atoms with Gasteiger partial charge >= 0.3 is 0 Å². The molecule has 17 heavy (non-hydrogen) atoms. The van der Waals surface area contributed by atoms with Crippen LogP contribution in [-0.4, -0.2) is 23.1 Å². The number of aromatic nitrogens is 2. The van der Waals surface area contributed by atoms with Crippen LogP contribution in [0.1, 0.15) is 26.7 Å². The zero-order valence-corrected chi connectivity index (χ0v) is 11.1. The summed E-state index contributed by atoms with van der Waals surface area (Å²) in [7, 11) is 0. The van der Waals surface area contributed by atoms with Crippen LogP contribution in [0.4, 0.5) is 11.5 Å². The number of halogens is 1. The van der Waals surface area contributed by atoms with Gasteiger partial charge in [-0.15, -0.1) is 0 Å². The maximum absolute atomic E-state index is 5.91. The predicted molar refractivity (Wildman–Crippen MR) is 71.2 cm³/mol. The molecule has 0 radical (unpaired) electrons. The Balaban J connectivity index is 2.08. The number of rotatable bonds is 2. The zero-order valence-electron chi connectivity index (χ0n) is 10.4. The summed E-state index contributed by atoms with van der Waals surface area (Å²) < 4.78 is 0. The monoisotopic (exact) mass is 254 g/mol. The third kappa shape index (κ3) is 2.63. The Bertz CT molecular complexity index is 386. The van der Waals surface area contributed by atoms with Gasteiger partial charge in [0.2, 0.25) is 0 Å². The average molecular weight is 255 g/mol. The van der Waals surface area contributed by atoms with Gasteiger partial charge in [0.1, 0.15) is 12.0 Å². The molecule has 5 heteroatoms. The van der Waals surface area contributed by atoms with Gasteiger partial charge in [-0.2, -0.15) is 0 Å². The number of anilines is 2. The fourth-order valence-electron chi connectivity index (χ4n) is 2.40. The Morgan fingerprint density at radius 1 is 1.35 bits per heavy atom. The Labute approximate surface area is 107 Å². The SMILES string of the molecule is CC(C)C1CCN(c2ncnc(Cl)c2N)CC1. The van der Waals surface area contributed by atoms with Crippen molar-refractivity contribution in [3.05, 3.63) is 11.5 Å². The Kier molecular flexibility index (Phi) is 3.72. The average Bonchev–Trinajstić information content (AvgIpc) is 2.33. The van der Waals surface area contributed by atoms with Crippen LogP contribution in [0.3, 0.4) is 0 Å². The molecule has 1 aromatic heterocycles. The van der Waals surface area contributed by atoms with E-state index in [4.69, 9.17) is 17.3 Å². The van der Waals surface area contributed by atoms with Crippen molar-refractivity contribution in [1.82, 2.24) is 9.97 Å². The number of nitrogens with two attached hydrogens (primary N) is 1. The van der Waals surface area contributed by atoms with E-state index >= 15 is 0 Å². The fourth-order valence-corrected chi connectivity index (χ4v) is 2.52. The van der Waals surface area contributed by atoms with Crippen LogP contribution in [0, 0.1) is 11.8 Å². The molecule has 1 aromatic rings. The van der Waals surface area contributed by atoms with Crippen LogP contribution in [0.25, 0.3) is 0 Å². The standard InChI is InChI=1S/C12H19ClN4/c1-8(2)9-3-5-17(6-4-9)12-10(14)11(13)15-7-16-12/h7-9H,3-6,14H2,1-2H3. The Morgan fingerprint density at radius 3 is 2.59 bits per heavy atom. The topological polar surface area (TPSA) is 55.0 Å². The molecule has 2 rings (SSSR count). The van der Waals surface area contributed by atoms with Gasteiger partial charge in [-0.25, -0.2) is 9.97 Å². The second kappa shape index (κ2) is 5.08. The van der Waals surface area contributed by atoms with E-state index in [0.29, 0.717) is 10.8 Å². The van der Waals surface area contributed by atoms with Gasteiger partial charge in [-0.1, -0.05) is 25.4 Å². The van der Waals surface area contributed by atoms with Crippen molar-refractivity contribution in [3.8, 4) is 0 Å². The van der Waals surface area contributed by atoms with Gasteiger partial charge in [-0.05, 0) is 24.7 Å². The molecule has 1 fully saturated rings. The lowest BCUT2D eigenvalue weighted by Crippen LogP contribution is -2.36. The lowest BCUT2D eigenvalue weighted by atomic mass is 9.87. The van der Waals surface area contributed by atoms with Crippen LogP contribution < -0.4 is 10.6 Å². The molecule has 0 saturated carbocycles. The smallest absolute Gasteiger partial charge is 0.157 e. The van der Waals surface area contributed by atoms with E-state index in [2.05, 4.69) is 28.7 Å². The Morgan fingerprint density at radius 2 is 2.00 bits per heavy atom. The highest BCUT2D eigenvalue weighted by Gasteiger charge is 2.23. The second-order valence-corrected chi connectivity index (χ2v) is 5.33. The van der Waals surface area contributed by atoms with E-state index < -0.39 is 0 Å². The quantitative estimate of drug-likeness (QED) is 0.825. The van der Waals surface area contributed by atoms with E-state index in [0.717, 1.165) is 30.7 Å². The van der Waals surface area contributed by atoms with Crippen LogP contribution in [0.2, 0.25) is 5.15 Å². The number of piperidine rings is 1. The Hall–Kier alpha value is -1.03. The van der Waals surface area contributed by atoms with Crippen molar-refractivity contribution >= 4 is 23.1 Å². The highest BCUT2D eigenvalue weighted by molar-refractivity contribution is 6.32. The summed E-state index contributed by atoms with van der Waals surface area (Å²) in [5.74, 6) is 2.35. The highest BCUT2D eigenvalue weighted by Crippen LogP contribution is 2.31. The predicted octanol–water partition coefficient (Wildman–Crippen LogP) is 2.58. The molecule has 0 aromatic carbocycles. The third-order valence-electron chi connectivity index (χ3n) is 3.60. The van der Waals surface area contributed by atoms with E-state index in [1.165, 1.54) is 19.2 Å². The van der Waals surface area contributed by atoms with Crippen LogP contribution in [-0.2, 0) is 0 Å². The van der Waals surface area contributed by atoms with Gasteiger partial charge < -0.3 is 10.6 Å². The maximum Gasteiger partial charge on any atom is 0.157 e. The molecule has 0 aliphatic carbocycles. The van der Waals surface area contributed by atoms with Gasteiger partial charge in [0.05, 0.1) is 0 Å². The number of hydrogen-bond acceptors (Lipinski definition) is 4. The van der Waals surface area contributed by atoms with Crippen molar-refractivity contribution < 1.29 is 0 Å². The van der Waals surface area contributed by atoms with E-state index in [-0.39, 0.29) is 0 Å². The van der Waals surface area contributed by atoms with Crippen molar-refractivity contribution in [2.45, 2.75) is 26.7 Å². The first-order valence-electron chi connectivity index (χ1n) is 6.10. The minimum Gasteiger partial charge on any atom is -0.393 e. The molecule has 0 bridgehead atoms. The molecule has 0 amide bonds. The zero-order chi connectivity index (χ0) is 12.4. The molecule has 0 spiro atoms. The lowest BCUT2D eigenvalue weighted by Gasteiger charge is -2.35. The van der Waals surface area contributed by atoms with E-state index in [9.17, 15) is 0 Å². The molecule has 2 N–H and O–H groups in total. The molecule has 2 heterocycles. The first-order chi connectivity index (χ1) is 8.09. The molecule has 94 valence electrons. The van der Waals surface area contributed by atoms with Crippen LogP contribution in [0.15, 0.2) is 6.33 Å². The molecular weight excluding hydrogens is 236 g/mol. The first kappa shape index (κ1) is 12.4. The van der Waals surface area contributed by atoms with Crippen LogP contribution >= 0.6 is 11.6 Å². The van der Waals surface area contributed by atoms with Crippen molar-refractivity contribution in [1.29, 1.82) is 0 Å². The van der Waals surface area contributed by atoms with Crippen molar-refractivity contribution in [3.63, 3.8) is 0 Å². The van der Waals surface area contributed by atoms with E-state index in [1.54, 1.807) is 0 Å². The molecule has 4 nitrogen and oxygen atoms in total. The normalized spacial score (nSPS) is 17.8. The van der Waals surface area contributed by atoms with Gasteiger partial charge in [0, 0.05) is 13.1 Å². The number of nitrogen functional groups attached to an aromatic ring is 1. The molecule has 0 unspecified atom stereocenters. The van der Waals surface area contributed by atoms with E-state index in [1.807, 2.05) is 0 Å². The largest absolute Gasteiger partial charge is 0.393 e. The second-order valence-electron chi connectivity index (χ2n) is 4.97. The summed E-state index contributed by atoms with van der Waals surface area (Å²) in [6.07, 6.45) is 3.86. The summed E-state index contributed by atoms with van der Waals surface area (Å²) in [5.41, 5.74) is 6.41. The fraction of sp³-hybridized carbons (Fsp3) is 0.667. The first-order valence-corrected chi connectivity index (χ1v) is 6.48. The number of hydrogen-bond donors (Lipinski definition) is 1. The van der Waals surface area contributed by atoms with Gasteiger partial charge in [0.25, 0.3) is 0 Å². The summed E-state index contributed by atoms with van der Waals surface area (Å²) in [4.78, 5) is 10.3. The van der Waals surface area contributed by atoms with Crippen molar-refractivity contribution in [2.24, 2.45) is 11.8 Å². The highest BCUT2D eigenvalue weighted by atomic mass is 35.5. The lowest BCUT2D eigenvalue weighted by molar-refractivity contribution is 0.311. The molecular formula is C12H19ClN4. The summed E-state index contributed by atoms with van der Waals surface area (Å²) in [5, 5.41) is 0.348. The molecule has 1 saturated heterocycles. The summed E-state index contributed by atoms with van der Waals surface area (Å²) in [6, 6.07) is 0. The molecule has 1 aliphatic heterocycles. The number of nitrogens with zero attached hydrogens (tertiary/aromatic N) is 3. The maximum atomic E-state index is 5.91. The summed E-state index contributed by atoms with van der Waals surface area (Å²) >= 11 is 5.91. The van der Waals surface area contributed by atoms with Gasteiger partial charge in [0.15, 0.2) is 11.0 Å². The van der Waals surface area contributed by atoms with Crippen LogP contribution in [0.5, 0.6) is 0 Å². The van der Waals surface area contributed by atoms with Crippen molar-refractivity contribution in [2.75, 3.05) is 23.7 Å². The minimum absolute atomic E-state index is 0.348. The third-order valence-corrected chi connectivity index (χ3v) is 3.90. The summed E-state index contributed by atoms with van der Waals surface area (Å²) in [6.45, 7) is 6.58. The minimum atomic E-state index is 0.348. The molecule has 0 atom stereocenters. The molecule has 1 aliphatic rings.